The Morgan fingerprint density at radius 3 is 2.20 bits per heavy atom. The lowest BCUT2D eigenvalue weighted by molar-refractivity contribution is -0.926. The Balaban J connectivity index is 1.80. The molecule has 0 aliphatic carbocycles. The van der Waals surface area contributed by atoms with Crippen LogP contribution < -0.4 is 9.47 Å². The van der Waals surface area contributed by atoms with Gasteiger partial charge in [0.1, 0.15) is 31.2 Å². The van der Waals surface area contributed by atoms with Gasteiger partial charge in [-0.25, -0.2) is 0 Å². The van der Waals surface area contributed by atoms with Crippen LogP contribution in [0.4, 0.5) is 0 Å². The Morgan fingerprint density at radius 2 is 1.52 bits per heavy atom. The summed E-state index contributed by atoms with van der Waals surface area (Å²) in [6.07, 6.45) is 5.95. The fourth-order valence-electron chi connectivity index (χ4n) is 3.35. The van der Waals surface area contributed by atoms with Gasteiger partial charge in [0.25, 0.3) is 0 Å². The zero-order chi connectivity index (χ0) is 17.8. The molecule has 4 nitrogen and oxygen atoms in total. The first-order valence-electron chi connectivity index (χ1n) is 10.1. The highest BCUT2D eigenvalue weighted by Crippen LogP contribution is 2.19. The highest BCUT2D eigenvalue weighted by molar-refractivity contribution is 5.31. The van der Waals surface area contributed by atoms with E-state index in [2.05, 4.69) is 13.8 Å². The zero-order valence-corrected chi connectivity index (χ0v) is 16.2. The minimum absolute atomic E-state index is 0.764. The summed E-state index contributed by atoms with van der Waals surface area (Å²) in [5.74, 6) is 1.86. The lowest BCUT2D eigenvalue weighted by atomic mass is 10.2. The number of rotatable bonds is 11. The van der Waals surface area contributed by atoms with Gasteiger partial charge in [-0.3, -0.25) is 0 Å². The van der Waals surface area contributed by atoms with Crippen LogP contribution in [0, 0.1) is 0 Å². The maximum atomic E-state index is 6.02. The number of quaternary nitrogens is 1. The molecule has 25 heavy (non-hydrogen) atoms. The predicted molar refractivity (Wildman–Crippen MR) is 102 cm³/mol. The molecule has 0 saturated carbocycles. The number of hydrogen-bond donors (Lipinski definition) is 0. The molecule has 1 fully saturated rings. The lowest BCUT2D eigenvalue weighted by Gasteiger charge is -2.37. The van der Waals surface area contributed by atoms with E-state index in [0.29, 0.717) is 0 Å². The average Bonchev–Trinajstić information content (AvgIpc) is 2.88. The molecule has 1 saturated heterocycles. The van der Waals surface area contributed by atoms with Crippen molar-refractivity contribution in [2.24, 2.45) is 0 Å². The molecule has 1 aromatic carbocycles. The molecule has 0 spiro atoms. The van der Waals surface area contributed by atoms with Crippen molar-refractivity contribution in [3.63, 3.8) is 0 Å². The third-order valence-electron chi connectivity index (χ3n) is 5.04. The van der Waals surface area contributed by atoms with Crippen molar-refractivity contribution in [3.05, 3.63) is 24.3 Å². The van der Waals surface area contributed by atoms with Gasteiger partial charge < -0.3 is 18.7 Å². The van der Waals surface area contributed by atoms with Crippen LogP contribution >= 0.6 is 0 Å². The summed E-state index contributed by atoms with van der Waals surface area (Å²) in [6.45, 7) is 12.4. The predicted octanol–water partition coefficient (Wildman–Crippen LogP) is 4.28. The molecule has 0 bridgehead atoms. The van der Waals surface area contributed by atoms with Crippen LogP contribution in [0.2, 0.25) is 0 Å². The van der Waals surface area contributed by atoms with Gasteiger partial charge in [0.2, 0.25) is 0 Å². The summed E-state index contributed by atoms with van der Waals surface area (Å²) in [6, 6.07) is 8.05. The number of unbranched alkanes of at least 4 members (excludes halogenated alkanes) is 2. The summed E-state index contributed by atoms with van der Waals surface area (Å²) in [5.41, 5.74) is 0. The Labute approximate surface area is 153 Å². The Morgan fingerprint density at radius 1 is 0.840 bits per heavy atom. The van der Waals surface area contributed by atoms with E-state index in [4.69, 9.17) is 14.2 Å². The molecule has 1 heterocycles. The van der Waals surface area contributed by atoms with Gasteiger partial charge in [0, 0.05) is 6.42 Å². The quantitative estimate of drug-likeness (QED) is 0.440. The van der Waals surface area contributed by atoms with Gasteiger partial charge in [0.15, 0.2) is 0 Å². The fraction of sp³-hybridized carbons (Fsp3) is 0.714. The van der Waals surface area contributed by atoms with Crippen molar-refractivity contribution in [2.45, 2.75) is 46.0 Å². The van der Waals surface area contributed by atoms with Crippen molar-refractivity contribution in [3.8, 4) is 11.5 Å². The summed E-state index contributed by atoms with van der Waals surface area (Å²) in [5, 5.41) is 0. The second kappa shape index (κ2) is 11.4. The standard InChI is InChI=1S/C21H36NO3/c1-3-5-12-22(13-7-16-23-18-14-22)15-19-25-21-10-8-20(9-11-21)24-17-6-4-2/h8-11H,3-7,12-19H2,1-2H3/q+1. The van der Waals surface area contributed by atoms with Gasteiger partial charge in [0.05, 0.1) is 32.9 Å². The van der Waals surface area contributed by atoms with Gasteiger partial charge >= 0.3 is 0 Å². The van der Waals surface area contributed by atoms with Crippen LogP contribution in [0.25, 0.3) is 0 Å². The number of hydrogen-bond acceptors (Lipinski definition) is 3. The van der Waals surface area contributed by atoms with Crippen LogP contribution in [0.1, 0.15) is 46.0 Å². The summed E-state index contributed by atoms with van der Waals surface area (Å²) >= 11 is 0. The lowest BCUT2D eigenvalue weighted by Crippen LogP contribution is -2.52. The van der Waals surface area contributed by atoms with Crippen LogP contribution in [0.3, 0.4) is 0 Å². The fourth-order valence-corrected chi connectivity index (χ4v) is 3.35. The van der Waals surface area contributed by atoms with Gasteiger partial charge in [-0.2, -0.15) is 0 Å². The molecule has 1 aliphatic rings. The Hall–Kier alpha value is -1.26. The summed E-state index contributed by atoms with van der Waals surface area (Å²) in [7, 11) is 0. The Bertz CT molecular complexity index is 453. The molecular weight excluding hydrogens is 314 g/mol. The first-order valence-corrected chi connectivity index (χ1v) is 10.1. The molecule has 4 heteroatoms. The minimum Gasteiger partial charge on any atom is -0.494 e. The molecule has 142 valence electrons. The summed E-state index contributed by atoms with van der Waals surface area (Å²) in [4.78, 5) is 0. The molecule has 1 atom stereocenters. The molecule has 0 radical (unpaired) electrons. The SMILES string of the molecule is CCCCOc1ccc(OCC[N+]2(CCCC)CCCOCC2)cc1. The Kier molecular flexibility index (Phi) is 9.12. The summed E-state index contributed by atoms with van der Waals surface area (Å²) < 4.78 is 18.5. The van der Waals surface area contributed by atoms with E-state index >= 15 is 0 Å². The minimum atomic E-state index is 0.764. The zero-order valence-electron chi connectivity index (χ0n) is 16.2. The number of nitrogens with zero attached hydrogens (tertiary/aromatic N) is 1. The molecule has 0 N–H and O–H groups in total. The maximum absolute atomic E-state index is 6.02. The van der Waals surface area contributed by atoms with Crippen LogP contribution in [-0.4, -0.2) is 57.1 Å². The molecule has 1 aliphatic heterocycles. The van der Waals surface area contributed by atoms with Crippen molar-refractivity contribution in [1.82, 2.24) is 0 Å². The van der Waals surface area contributed by atoms with Crippen LogP contribution in [0.15, 0.2) is 24.3 Å². The van der Waals surface area contributed by atoms with E-state index in [0.717, 1.165) is 74.8 Å². The second-order valence-electron chi connectivity index (χ2n) is 7.08. The van der Waals surface area contributed by atoms with E-state index in [-0.39, 0.29) is 0 Å². The maximum Gasteiger partial charge on any atom is 0.137 e. The van der Waals surface area contributed by atoms with E-state index < -0.39 is 0 Å². The molecule has 0 amide bonds. The molecule has 0 aromatic heterocycles. The van der Waals surface area contributed by atoms with Crippen molar-refractivity contribution in [2.75, 3.05) is 52.6 Å². The largest absolute Gasteiger partial charge is 0.494 e. The highest BCUT2D eigenvalue weighted by atomic mass is 16.5. The van der Waals surface area contributed by atoms with E-state index in [1.807, 2.05) is 24.3 Å². The van der Waals surface area contributed by atoms with Gasteiger partial charge in [-0.05, 0) is 37.1 Å². The molecule has 1 aromatic rings. The van der Waals surface area contributed by atoms with E-state index in [1.54, 1.807) is 0 Å². The third-order valence-corrected chi connectivity index (χ3v) is 5.04. The van der Waals surface area contributed by atoms with Crippen molar-refractivity contribution < 1.29 is 18.7 Å². The van der Waals surface area contributed by atoms with E-state index in [9.17, 15) is 0 Å². The average molecular weight is 351 g/mol. The molecule has 2 rings (SSSR count). The van der Waals surface area contributed by atoms with E-state index in [1.165, 1.54) is 25.9 Å². The molecule has 1 unspecified atom stereocenters. The number of benzene rings is 1. The van der Waals surface area contributed by atoms with Gasteiger partial charge in [-0.15, -0.1) is 0 Å². The monoisotopic (exact) mass is 350 g/mol. The van der Waals surface area contributed by atoms with Gasteiger partial charge in [-0.1, -0.05) is 26.7 Å². The second-order valence-corrected chi connectivity index (χ2v) is 7.08. The highest BCUT2D eigenvalue weighted by Gasteiger charge is 2.28. The topological polar surface area (TPSA) is 27.7 Å². The first kappa shape index (κ1) is 20.1. The van der Waals surface area contributed by atoms with Crippen LogP contribution in [0.5, 0.6) is 11.5 Å². The van der Waals surface area contributed by atoms with Crippen molar-refractivity contribution in [1.29, 1.82) is 0 Å². The molecular formula is C21H36NO3+. The van der Waals surface area contributed by atoms with Crippen molar-refractivity contribution >= 4 is 0 Å². The smallest absolute Gasteiger partial charge is 0.137 e. The normalized spacial score (nSPS) is 20.9. The first-order chi connectivity index (χ1) is 12.3. The number of ether oxygens (including phenoxy) is 3. The third kappa shape index (κ3) is 7.25. The van der Waals surface area contributed by atoms with Crippen LogP contribution in [-0.2, 0) is 4.74 Å².